The standard InChI is InChI=1S/C17H25N3O2.ClH/c1-20(2)17(22)11-13-3-6-15(7-4-13)19-16(21)8-5-14-9-10-18-12-14;/h3-4,6-7,14,18H,5,8-12H2,1-2H3,(H,19,21);1H. The van der Waals surface area contributed by atoms with Crippen LogP contribution in [0.15, 0.2) is 24.3 Å². The summed E-state index contributed by atoms with van der Waals surface area (Å²) < 4.78 is 0. The Labute approximate surface area is 144 Å². The number of carbonyl (C=O) groups is 2. The number of carbonyl (C=O) groups excluding carboxylic acids is 2. The molecule has 6 heteroatoms. The van der Waals surface area contributed by atoms with Crippen LogP contribution < -0.4 is 10.6 Å². The number of benzene rings is 1. The Morgan fingerprint density at radius 1 is 1.26 bits per heavy atom. The van der Waals surface area contributed by atoms with Gasteiger partial charge in [-0.05, 0) is 49.5 Å². The minimum Gasteiger partial charge on any atom is -0.349 e. The molecule has 1 aromatic carbocycles. The van der Waals surface area contributed by atoms with E-state index in [1.807, 2.05) is 24.3 Å². The first-order chi connectivity index (χ1) is 10.5. The maximum Gasteiger partial charge on any atom is 0.226 e. The topological polar surface area (TPSA) is 61.4 Å². The molecule has 0 radical (unpaired) electrons. The number of halogens is 1. The average Bonchev–Trinajstić information content (AvgIpc) is 3.00. The first-order valence-electron chi connectivity index (χ1n) is 7.84. The summed E-state index contributed by atoms with van der Waals surface area (Å²) in [7, 11) is 3.49. The highest BCUT2D eigenvalue weighted by atomic mass is 35.5. The molecule has 2 N–H and O–H groups in total. The number of hydrogen-bond acceptors (Lipinski definition) is 3. The molecule has 128 valence electrons. The fraction of sp³-hybridized carbons (Fsp3) is 0.529. The normalized spacial score (nSPS) is 16.5. The van der Waals surface area contributed by atoms with Crippen LogP contribution in [0.3, 0.4) is 0 Å². The summed E-state index contributed by atoms with van der Waals surface area (Å²) >= 11 is 0. The molecule has 2 rings (SSSR count). The van der Waals surface area contributed by atoms with Crippen molar-refractivity contribution in [2.75, 3.05) is 32.5 Å². The van der Waals surface area contributed by atoms with Gasteiger partial charge in [0.2, 0.25) is 11.8 Å². The minimum absolute atomic E-state index is 0. The second-order valence-corrected chi connectivity index (χ2v) is 6.11. The quantitative estimate of drug-likeness (QED) is 0.834. The third kappa shape index (κ3) is 6.59. The summed E-state index contributed by atoms with van der Waals surface area (Å²) in [6, 6.07) is 7.48. The van der Waals surface area contributed by atoms with Crippen LogP contribution in [-0.4, -0.2) is 43.9 Å². The largest absolute Gasteiger partial charge is 0.349 e. The van der Waals surface area contributed by atoms with Crippen molar-refractivity contribution in [3.8, 4) is 0 Å². The zero-order chi connectivity index (χ0) is 15.9. The lowest BCUT2D eigenvalue weighted by Gasteiger charge is -2.11. The maximum atomic E-state index is 11.9. The van der Waals surface area contributed by atoms with E-state index in [-0.39, 0.29) is 24.2 Å². The van der Waals surface area contributed by atoms with Crippen LogP contribution in [0.1, 0.15) is 24.8 Å². The molecule has 23 heavy (non-hydrogen) atoms. The van der Waals surface area contributed by atoms with Gasteiger partial charge in [0.05, 0.1) is 6.42 Å². The van der Waals surface area contributed by atoms with Crippen molar-refractivity contribution < 1.29 is 9.59 Å². The van der Waals surface area contributed by atoms with Crippen LogP contribution >= 0.6 is 12.4 Å². The first kappa shape index (κ1) is 19.5. The Balaban J connectivity index is 0.00000264. The van der Waals surface area contributed by atoms with E-state index in [0.717, 1.165) is 30.8 Å². The van der Waals surface area contributed by atoms with Crippen LogP contribution in [0.4, 0.5) is 5.69 Å². The van der Waals surface area contributed by atoms with Crippen molar-refractivity contribution in [2.24, 2.45) is 5.92 Å². The van der Waals surface area contributed by atoms with Gasteiger partial charge < -0.3 is 15.5 Å². The fourth-order valence-corrected chi connectivity index (χ4v) is 2.56. The molecule has 1 fully saturated rings. The summed E-state index contributed by atoms with van der Waals surface area (Å²) in [5.74, 6) is 0.760. The third-order valence-electron chi connectivity index (χ3n) is 4.03. The predicted molar refractivity (Wildman–Crippen MR) is 94.9 cm³/mol. The summed E-state index contributed by atoms with van der Waals surface area (Å²) in [6.07, 6.45) is 3.05. The molecule has 2 amide bonds. The highest BCUT2D eigenvalue weighted by Crippen LogP contribution is 2.16. The number of likely N-dealkylation sites (N-methyl/N-ethyl adjacent to an activating group) is 1. The molecule has 1 atom stereocenters. The zero-order valence-corrected chi connectivity index (χ0v) is 14.6. The molecule has 0 spiro atoms. The molecule has 1 heterocycles. The van der Waals surface area contributed by atoms with Crippen molar-refractivity contribution in [1.29, 1.82) is 0 Å². The van der Waals surface area contributed by atoms with Gasteiger partial charge in [-0.1, -0.05) is 12.1 Å². The number of rotatable bonds is 6. The number of amides is 2. The van der Waals surface area contributed by atoms with E-state index < -0.39 is 0 Å². The highest BCUT2D eigenvalue weighted by Gasteiger charge is 2.15. The van der Waals surface area contributed by atoms with Gasteiger partial charge in [-0.3, -0.25) is 9.59 Å². The SMILES string of the molecule is CN(C)C(=O)Cc1ccc(NC(=O)CCC2CCNC2)cc1.Cl. The molecule has 1 aliphatic heterocycles. The zero-order valence-electron chi connectivity index (χ0n) is 13.8. The van der Waals surface area contributed by atoms with Crippen LogP contribution in [-0.2, 0) is 16.0 Å². The number of nitrogens with zero attached hydrogens (tertiary/aromatic N) is 1. The van der Waals surface area contributed by atoms with Crippen LogP contribution in [0.2, 0.25) is 0 Å². The lowest BCUT2D eigenvalue weighted by Crippen LogP contribution is -2.23. The summed E-state index contributed by atoms with van der Waals surface area (Å²) in [6.45, 7) is 2.10. The van der Waals surface area contributed by atoms with Crippen molar-refractivity contribution in [1.82, 2.24) is 10.2 Å². The molecule has 0 bridgehead atoms. The van der Waals surface area contributed by atoms with Crippen LogP contribution in [0, 0.1) is 5.92 Å². The fourth-order valence-electron chi connectivity index (χ4n) is 2.56. The first-order valence-corrected chi connectivity index (χ1v) is 7.84. The molecule has 0 aromatic heterocycles. The molecule has 1 aliphatic rings. The lowest BCUT2D eigenvalue weighted by atomic mass is 10.0. The molecule has 1 unspecified atom stereocenters. The van der Waals surface area contributed by atoms with Gasteiger partial charge in [0.25, 0.3) is 0 Å². The predicted octanol–water partition coefficient (Wildman–Crippen LogP) is 2.07. The minimum atomic E-state index is 0. The van der Waals surface area contributed by atoms with E-state index in [0.29, 0.717) is 18.8 Å². The third-order valence-corrected chi connectivity index (χ3v) is 4.03. The van der Waals surface area contributed by atoms with Gasteiger partial charge in [0, 0.05) is 26.2 Å². The molecule has 0 aliphatic carbocycles. The second-order valence-electron chi connectivity index (χ2n) is 6.11. The van der Waals surface area contributed by atoms with E-state index in [1.165, 1.54) is 6.42 Å². The molecular formula is C17H26ClN3O2. The van der Waals surface area contributed by atoms with E-state index >= 15 is 0 Å². The Hall–Kier alpha value is -1.59. The van der Waals surface area contributed by atoms with Crippen LogP contribution in [0.5, 0.6) is 0 Å². The van der Waals surface area contributed by atoms with Crippen molar-refractivity contribution >= 4 is 29.9 Å². The van der Waals surface area contributed by atoms with E-state index in [1.54, 1.807) is 19.0 Å². The Kier molecular flexibility index (Phi) is 8.06. The van der Waals surface area contributed by atoms with Crippen molar-refractivity contribution in [2.45, 2.75) is 25.7 Å². The van der Waals surface area contributed by atoms with E-state index in [2.05, 4.69) is 10.6 Å². The number of nitrogens with one attached hydrogen (secondary N) is 2. The summed E-state index contributed by atoms with van der Waals surface area (Å²) in [4.78, 5) is 25.1. The molecule has 1 saturated heterocycles. The Bertz CT molecular complexity index is 511. The van der Waals surface area contributed by atoms with Crippen molar-refractivity contribution in [3.63, 3.8) is 0 Å². The summed E-state index contributed by atoms with van der Waals surface area (Å²) in [5, 5.41) is 6.23. The Morgan fingerprint density at radius 2 is 1.96 bits per heavy atom. The monoisotopic (exact) mass is 339 g/mol. The highest BCUT2D eigenvalue weighted by molar-refractivity contribution is 5.90. The van der Waals surface area contributed by atoms with Crippen LogP contribution in [0.25, 0.3) is 0 Å². The average molecular weight is 340 g/mol. The van der Waals surface area contributed by atoms with E-state index in [4.69, 9.17) is 0 Å². The molecule has 0 saturated carbocycles. The van der Waals surface area contributed by atoms with Gasteiger partial charge in [-0.2, -0.15) is 0 Å². The Morgan fingerprint density at radius 3 is 2.52 bits per heavy atom. The van der Waals surface area contributed by atoms with Gasteiger partial charge in [-0.15, -0.1) is 12.4 Å². The number of hydrogen-bond donors (Lipinski definition) is 2. The summed E-state index contributed by atoms with van der Waals surface area (Å²) in [5.41, 5.74) is 1.74. The number of anilines is 1. The molecule has 1 aromatic rings. The van der Waals surface area contributed by atoms with Gasteiger partial charge in [-0.25, -0.2) is 0 Å². The van der Waals surface area contributed by atoms with Crippen molar-refractivity contribution in [3.05, 3.63) is 29.8 Å². The second kappa shape index (κ2) is 9.53. The van der Waals surface area contributed by atoms with Gasteiger partial charge in [0.15, 0.2) is 0 Å². The lowest BCUT2D eigenvalue weighted by molar-refractivity contribution is -0.128. The van der Waals surface area contributed by atoms with Gasteiger partial charge >= 0.3 is 0 Å². The molecular weight excluding hydrogens is 314 g/mol. The smallest absolute Gasteiger partial charge is 0.226 e. The molecule has 5 nitrogen and oxygen atoms in total. The van der Waals surface area contributed by atoms with E-state index in [9.17, 15) is 9.59 Å². The maximum absolute atomic E-state index is 11.9. The van der Waals surface area contributed by atoms with Gasteiger partial charge in [0.1, 0.15) is 0 Å².